The van der Waals surface area contributed by atoms with Crippen molar-refractivity contribution in [3.8, 4) is 0 Å². The topological polar surface area (TPSA) is 20.3 Å². The van der Waals surface area contributed by atoms with Crippen LogP contribution in [0.4, 0.5) is 0 Å². The molecule has 2 rings (SSSR count). The highest BCUT2D eigenvalue weighted by atomic mass is 79.9. The van der Waals surface area contributed by atoms with Crippen LogP contribution in [0.2, 0.25) is 0 Å². The van der Waals surface area contributed by atoms with Gasteiger partial charge in [-0.05, 0) is 50.3 Å². The molecule has 104 valence electrons. The van der Waals surface area contributed by atoms with Crippen LogP contribution in [-0.4, -0.2) is 29.3 Å². The van der Waals surface area contributed by atoms with Crippen molar-refractivity contribution in [1.82, 2.24) is 4.90 Å². The van der Waals surface area contributed by atoms with Gasteiger partial charge in [-0.2, -0.15) is 0 Å². The molecule has 0 spiro atoms. The van der Waals surface area contributed by atoms with Gasteiger partial charge >= 0.3 is 0 Å². The number of alkyl halides is 1. The lowest BCUT2D eigenvalue weighted by Gasteiger charge is -2.33. The smallest absolute Gasteiger partial charge is 0.253 e. The fraction of sp³-hybridized carbons (Fsp3) is 0.533. The first-order valence-electron chi connectivity index (χ1n) is 6.68. The molecule has 19 heavy (non-hydrogen) atoms. The van der Waals surface area contributed by atoms with E-state index in [0.717, 1.165) is 41.5 Å². The molecule has 1 aliphatic rings. The lowest BCUT2D eigenvalue weighted by atomic mass is 9.93. The molecule has 1 unspecified atom stereocenters. The second-order valence-electron chi connectivity index (χ2n) is 5.27. The first-order chi connectivity index (χ1) is 8.99. The maximum absolute atomic E-state index is 12.4. The Kier molecular flexibility index (Phi) is 4.91. The van der Waals surface area contributed by atoms with Crippen molar-refractivity contribution in [3.63, 3.8) is 0 Å². The van der Waals surface area contributed by atoms with Crippen LogP contribution in [0.1, 0.15) is 35.7 Å². The fourth-order valence-corrected chi connectivity index (χ4v) is 3.10. The third-order valence-corrected chi connectivity index (χ3v) is 5.11. The van der Waals surface area contributed by atoms with Crippen molar-refractivity contribution < 1.29 is 4.79 Å². The average molecular weight is 345 g/mol. The van der Waals surface area contributed by atoms with Gasteiger partial charge in [0.05, 0.1) is 0 Å². The van der Waals surface area contributed by atoms with Gasteiger partial charge in [-0.15, -0.1) is 11.6 Å². The molecular weight excluding hydrogens is 326 g/mol. The average Bonchev–Trinajstić information content (AvgIpc) is 2.41. The van der Waals surface area contributed by atoms with Crippen molar-refractivity contribution in [2.24, 2.45) is 5.92 Å². The molecule has 1 aromatic carbocycles. The second kappa shape index (κ2) is 6.27. The Morgan fingerprint density at radius 3 is 2.58 bits per heavy atom. The predicted octanol–water partition coefficient (Wildman–Crippen LogP) is 4.24. The molecule has 0 bridgehead atoms. The highest BCUT2D eigenvalue weighted by Gasteiger charge is 2.26. The summed E-state index contributed by atoms with van der Waals surface area (Å²) in [5.74, 6) is 0.664. The summed E-state index contributed by atoms with van der Waals surface area (Å²) in [7, 11) is 0. The standard InChI is InChI=1S/C15H19BrClNO/c1-10-3-4-13(9-14(10)16)15(19)18-7-5-12(6-8-18)11(2)17/h3-4,9,11-12H,5-8H2,1-2H3. The van der Waals surface area contributed by atoms with E-state index in [9.17, 15) is 4.79 Å². The highest BCUT2D eigenvalue weighted by molar-refractivity contribution is 9.10. The van der Waals surface area contributed by atoms with Crippen molar-refractivity contribution in [2.45, 2.75) is 32.1 Å². The van der Waals surface area contributed by atoms with Gasteiger partial charge in [0, 0.05) is 28.5 Å². The van der Waals surface area contributed by atoms with Crippen LogP contribution < -0.4 is 0 Å². The number of rotatable bonds is 2. The first kappa shape index (κ1) is 14.9. The Bertz CT molecular complexity index is 467. The Morgan fingerprint density at radius 2 is 2.05 bits per heavy atom. The molecular formula is C15H19BrClNO. The zero-order valence-corrected chi connectivity index (χ0v) is 13.7. The summed E-state index contributed by atoms with van der Waals surface area (Å²) in [5, 5.41) is 0.200. The monoisotopic (exact) mass is 343 g/mol. The van der Waals surface area contributed by atoms with Crippen molar-refractivity contribution >= 4 is 33.4 Å². The maximum atomic E-state index is 12.4. The van der Waals surface area contributed by atoms with Gasteiger partial charge in [0.25, 0.3) is 5.91 Å². The third kappa shape index (κ3) is 3.51. The van der Waals surface area contributed by atoms with Gasteiger partial charge in [0.15, 0.2) is 0 Å². The van der Waals surface area contributed by atoms with Crippen LogP contribution in [0, 0.1) is 12.8 Å². The van der Waals surface area contributed by atoms with Gasteiger partial charge < -0.3 is 4.90 Å². The quantitative estimate of drug-likeness (QED) is 0.735. The second-order valence-corrected chi connectivity index (χ2v) is 6.81. The van der Waals surface area contributed by atoms with Crippen LogP contribution >= 0.6 is 27.5 Å². The van der Waals surface area contributed by atoms with E-state index in [1.807, 2.05) is 36.9 Å². The number of hydrogen-bond donors (Lipinski definition) is 0. The number of piperidine rings is 1. The number of benzene rings is 1. The van der Waals surface area contributed by atoms with Gasteiger partial charge in [-0.3, -0.25) is 4.79 Å². The molecule has 0 N–H and O–H groups in total. The number of nitrogens with zero attached hydrogens (tertiary/aromatic N) is 1. The molecule has 1 atom stereocenters. The molecule has 1 aliphatic heterocycles. The number of likely N-dealkylation sites (tertiary alicyclic amines) is 1. The van der Waals surface area contributed by atoms with Crippen molar-refractivity contribution in [2.75, 3.05) is 13.1 Å². The SMILES string of the molecule is Cc1ccc(C(=O)N2CCC(C(C)Cl)CC2)cc1Br. The van der Waals surface area contributed by atoms with Gasteiger partial charge in [0.1, 0.15) is 0 Å². The minimum absolute atomic E-state index is 0.126. The summed E-state index contributed by atoms with van der Waals surface area (Å²) < 4.78 is 0.989. The zero-order chi connectivity index (χ0) is 14.0. The number of hydrogen-bond acceptors (Lipinski definition) is 1. The van der Waals surface area contributed by atoms with E-state index in [0.29, 0.717) is 5.92 Å². The summed E-state index contributed by atoms with van der Waals surface area (Å²) in [6.07, 6.45) is 2.01. The van der Waals surface area contributed by atoms with Crippen LogP contribution in [0.5, 0.6) is 0 Å². The summed E-state index contributed by atoms with van der Waals surface area (Å²) in [5.41, 5.74) is 1.90. The molecule has 0 aromatic heterocycles. The van der Waals surface area contributed by atoms with Crippen LogP contribution in [0.3, 0.4) is 0 Å². The Hall–Kier alpha value is -0.540. The normalized spacial score (nSPS) is 18.4. The molecule has 1 saturated heterocycles. The van der Waals surface area contributed by atoms with E-state index in [1.165, 1.54) is 0 Å². The summed E-state index contributed by atoms with van der Waals surface area (Å²) in [6, 6.07) is 5.79. The highest BCUT2D eigenvalue weighted by Crippen LogP contribution is 2.25. The van der Waals surface area contributed by atoms with E-state index in [4.69, 9.17) is 11.6 Å². The summed E-state index contributed by atoms with van der Waals surface area (Å²) >= 11 is 9.61. The lowest BCUT2D eigenvalue weighted by Crippen LogP contribution is -2.40. The van der Waals surface area contributed by atoms with Crippen LogP contribution in [-0.2, 0) is 0 Å². The molecule has 0 radical (unpaired) electrons. The summed E-state index contributed by atoms with van der Waals surface area (Å²) in [6.45, 7) is 5.69. The summed E-state index contributed by atoms with van der Waals surface area (Å²) in [4.78, 5) is 14.3. The van der Waals surface area contributed by atoms with E-state index in [2.05, 4.69) is 15.9 Å². The van der Waals surface area contributed by atoms with E-state index in [1.54, 1.807) is 0 Å². The van der Waals surface area contributed by atoms with Gasteiger partial charge in [0.2, 0.25) is 0 Å². The largest absolute Gasteiger partial charge is 0.339 e. The number of halogens is 2. The predicted molar refractivity (Wildman–Crippen MR) is 82.8 cm³/mol. The molecule has 1 amide bonds. The van der Waals surface area contributed by atoms with Gasteiger partial charge in [-0.1, -0.05) is 22.0 Å². The van der Waals surface area contributed by atoms with Gasteiger partial charge in [-0.25, -0.2) is 0 Å². The lowest BCUT2D eigenvalue weighted by molar-refractivity contribution is 0.0690. The van der Waals surface area contributed by atoms with Crippen LogP contribution in [0.15, 0.2) is 22.7 Å². The molecule has 1 fully saturated rings. The molecule has 2 nitrogen and oxygen atoms in total. The molecule has 0 saturated carbocycles. The minimum atomic E-state index is 0.126. The minimum Gasteiger partial charge on any atom is -0.339 e. The van der Waals surface area contributed by atoms with Crippen molar-refractivity contribution in [3.05, 3.63) is 33.8 Å². The Labute approximate surface area is 128 Å². The molecule has 1 aromatic rings. The van der Waals surface area contributed by atoms with E-state index in [-0.39, 0.29) is 11.3 Å². The number of carbonyl (C=O) groups is 1. The van der Waals surface area contributed by atoms with E-state index >= 15 is 0 Å². The fourth-order valence-electron chi connectivity index (χ4n) is 2.47. The Morgan fingerprint density at radius 1 is 1.42 bits per heavy atom. The molecule has 0 aliphatic carbocycles. The van der Waals surface area contributed by atoms with E-state index < -0.39 is 0 Å². The molecule has 4 heteroatoms. The first-order valence-corrected chi connectivity index (χ1v) is 7.91. The zero-order valence-electron chi connectivity index (χ0n) is 11.3. The number of amides is 1. The number of carbonyl (C=O) groups excluding carboxylic acids is 1. The number of aryl methyl sites for hydroxylation is 1. The van der Waals surface area contributed by atoms with Crippen LogP contribution in [0.25, 0.3) is 0 Å². The Balaban J connectivity index is 2.03. The van der Waals surface area contributed by atoms with Crippen molar-refractivity contribution in [1.29, 1.82) is 0 Å². The third-order valence-electron chi connectivity index (χ3n) is 3.90. The molecule has 1 heterocycles. The maximum Gasteiger partial charge on any atom is 0.253 e.